The van der Waals surface area contributed by atoms with Gasteiger partial charge in [-0.2, -0.15) is 0 Å². The zero-order valence-corrected chi connectivity index (χ0v) is 11.6. The number of hydrogen-bond donors (Lipinski definition) is 1. The first-order chi connectivity index (χ1) is 9.31. The van der Waals surface area contributed by atoms with Gasteiger partial charge in [-0.3, -0.25) is 4.98 Å². The van der Waals surface area contributed by atoms with E-state index >= 15 is 0 Å². The highest BCUT2D eigenvalue weighted by Crippen LogP contribution is 2.60. The van der Waals surface area contributed by atoms with Crippen LogP contribution in [0.25, 0.3) is 0 Å². The van der Waals surface area contributed by atoms with Crippen molar-refractivity contribution in [2.24, 2.45) is 17.8 Å². The number of aromatic nitrogens is 1. The van der Waals surface area contributed by atoms with Crippen molar-refractivity contribution < 1.29 is 4.39 Å². The molecule has 3 unspecified atom stereocenters. The second-order valence-electron chi connectivity index (χ2n) is 6.06. The van der Waals surface area contributed by atoms with Crippen LogP contribution < -0.4 is 5.32 Å². The fourth-order valence-electron chi connectivity index (χ4n) is 3.92. The molecule has 3 rings (SSSR count). The van der Waals surface area contributed by atoms with E-state index in [1.54, 1.807) is 6.07 Å². The molecule has 1 N–H and O–H groups in total. The fraction of sp³-hybridized carbons (Fsp3) is 0.688. The maximum Gasteiger partial charge on any atom is 0.141 e. The first kappa shape index (κ1) is 13.0. The third-order valence-electron chi connectivity index (χ3n) is 4.81. The van der Waals surface area contributed by atoms with Gasteiger partial charge in [0.2, 0.25) is 0 Å². The predicted octanol–water partition coefficient (Wildman–Crippen LogP) is 3.70. The monoisotopic (exact) mass is 262 g/mol. The van der Waals surface area contributed by atoms with Crippen LogP contribution in [-0.4, -0.2) is 11.5 Å². The van der Waals surface area contributed by atoms with Crippen molar-refractivity contribution in [2.75, 3.05) is 6.54 Å². The molecule has 3 atom stereocenters. The van der Waals surface area contributed by atoms with E-state index in [-0.39, 0.29) is 5.82 Å². The first-order valence-corrected chi connectivity index (χ1v) is 7.65. The molecule has 3 heteroatoms. The van der Waals surface area contributed by atoms with Crippen molar-refractivity contribution in [3.8, 4) is 0 Å². The third kappa shape index (κ3) is 2.66. The average Bonchev–Trinajstić information content (AvgIpc) is 3.14. The smallest absolute Gasteiger partial charge is 0.141 e. The minimum absolute atomic E-state index is 0.218. The highest BCUT2D eigenvalue weighted by Gasteiger charge is 2.54. The fourth-order valence-corrected chi connectivity index (χ4v) is 3.92. The normalized spacial score (nSPS) is 30.7. The van der Waals surface area contributed by atoms with E-state index < -0.39 is 0 Å². The van der Waals surface area contributed by atoms with Crippen LogP contribution in [0.5, 0.6) is 0 Å². The Morgan fingerprint density at radius 1 is 1.32 bits per heavy atom. The van der Waals surface area contributed by atoms with E-state index in [0.29, 0.717) is 12.0 Å². The number of pyridine rings is 1. The number of nitrogens with zero attached hydrogens (tertiary/aromatic N) is 1. The number of nitrogens with one attached hydrogen (secondary N) is 1. The molecule has 2 nitrogen and oxygen atoms in total. The van der Waals surface area contributed by atoms with Gasteiger partial charge < -0.3 is 5.32 Å². The van der Waals surface area contributed by atoms with Crippen LogP contribution in [0.2, 0.25) is 0 Å². The molecule has 2 saturated carbocycles. The molecule has 0 aliphatic heterocycles. The largest absolute Gasteiger partial charge is 0.310 e. The second-order valence-corrected chi connectivity index (χ2v) is 6.06. The molecule has 2 aliphatic carbocycles. The predicted molar refractivity (Wildman–Crippen MR) is 74.2 cm³/mol. The molecule has 19 heavy (non-hydrogen) atoms. The lowest BCUT2D eigenvalue weighted by Crippen LogP contribution is -2.25. The molecule has 2 aliphatic rings. The van der Waals surface area contributed by atoms with Crippen LogP contribution in [0.15, 0.2) is 18.5 Å². The quantitative estimate of drug-likeness (QED) is 0.875. The second kappa shape index (κ2) is 5.58. The molecule has 104 valence electrons. The zero-order chi connectivity index (χ0) is 13.2. The van der Waals surface area contributed by atoms with Crippen molar-refractivity contribution in [3.63, 3.8) is 0 Å². The van der Waals surface area contributed by atoms with Crippen molar-refractivity contribution in [2.45, 2.75) is 45.1 Å². The third-order valence-corrected chi connectivity index (χ3v) is 4.81. The molecule has 0 saturated heterocycles. The highest BCUT2D eigenvalue weighted by atomic mass is 19.1. The number of hydrogen-bond acceptors (Lipinski definition) is 2. The average molecular weight is 262 g/mol. The first-order valence-electron chi connectivity index (χ1n) is 7.65. The summed E-state index contributed by atoms with van der Waals surface area (Å²) in [7, 11) is 0. The maximum atomic E-state index is 13.4. The molecule has 0 amide bonds. The van der Waals surface area contributed by atoms with E-state index in [1.165, 1.54) is 31.9 Å². The van der Waals surface area contributed by atoms with Crippen LogP contribution in [0.4, 0.5) is 4.39 Å². The van der Waals surface area contributed by atoms with Gasteiger partial charge in [0.25, 0.3) is 0 Å². The number of halogens is 1. The topological polar surface area (TPSA) is 24.9 Å². The maximum absolute atomic E-state index is 13.4. The standard InChI is InChI=1S/C16H23FN2/c1-2-7-19-16(11-8-12(17)10-18-9-11)15-13-5-3-4-6-14(13)15/h8-10,13-16,19H,2-7H2,1H3. The van der Waals surface area contributed by atoms with E-state index in [4.69, 9.17) is 0 Å². The van der Waals surface area contributed by atoms with Gasteiger partial charge in [-0.15, -0.1) is 0 Å². The van der Waals surface area contributed by atoms with Gasteiger partial charge in [-0.1, -0.05) is 19.8 Å². The van der Waals surface area contributed by atoms with E-state index in [0.717, 1.165) is 30.4 Å². The molecular formula is C16H23FN2. The summed E-state index contributed by atoms with van der Waals surface area (Å²) in [5.41, 5.74) is 1.04. The summed E-state index contributed by atoms with van der Waals surface area (Å²) in [6, 6.07) is 1.96. The van der Waals surface area contributed by atoms with Crippen molar-refractivity contribution in [1.29, 1.82) is 0 Å². The summed E-state index contributed by atoms with van der Waals surface area (Å²) in [4.78, 5) is 4.03. The minimum atomic E-state index is -0.218. The zero-order valence-electron chi connectivity index (χ0n) is 11.6. The molecule has 0 aromatic carbocycles. The van der Waals surface area contributed by atoms with Gasteiger partial charge in [0.15, 0.2) is 0 Å². The lowest BCUT2D eigenvalue weighted by atomic mass is 10.0. The van der Waals surface area contributed by atoms with Gasteiger partial charge in [0.05, 0.1) is 6.20 Å². The van der Waals surface area contributed by atoms with E-state index in [1.807, 2.05) is 6.20 Å². The van der Waals surface area contributed by atoms with Crippen LogP contribution in [0, 0.1) is 23.6 Å². The van der Waals surface area contributed by atoms with E-state index in [9.17, 15) is 4.39 Å². The highest BCUT2D eigenvalue weighted by molar-refractivity contribution is 5.21. The number of rotatable bonds is 5. The Hall–Kier alpha value is -0.960. The Morgan fingerprint density at radius 2 is 2.05 bits per heavy atom. The Bertz CT molecular complexity index is 423. The lowest BCUT2D eigenvalue weighted by Gasteiger charge is -2.19. The molecule has 0 bridgehead atoms. The van der Waals surface area contributed by atoms with Crippen LogP contribution in [0.3, 0.4) is 0 Å². The molecule has 1 aromatic rings. The molecule has 0 radical (unpaired) electrons. The summed E-state index contributed by atoms with van der Waals surface area (Å²) in [6.45, 7) is 3.17. The van der Waals surface area contributed by atoms with Gasteiger partial charge in [0.1, 0.15) is 5.82 Å². The van der Waals surface area contributed by atoms with Crippen molar-refractivity contribution in [1.82, 2.24) is 10.3 Å². The summed E-state index contributed by atoms with van der Waals surface area (Å²) < 4.78 is 13.4. The van der Waals surface area contributed by atoms with Crippen LogP contribution >= 0.6 is 0 Å². The minimum Gasteiger partial charge on any atom is -0.310 e. The van der Waals surface area contributed by atoms with Crippen LogP contribution in [-0.2, 0) is 0 Å². The van der Waals surface area contributed by atoms with Gasteiger partial charge in [-0.25, -0.2) is 4.39 Å². The molecular weight excluding hydrogens is 239 g/mol. The molecule has 1 aromatic heterocycles. The van der Waals surface area contributed by atoms with Crippen molar-refractivity contribution in [3.05, 3.63) is 29.8 Å². The Kier molecular flexibility index (Phi) is 3.83. The summed E-state index contributed by atoms with van der Waals surface area (Å²) >= 11 is 0. The van der Waals surface area contributed by atoms with Gasteiger partial charge in [-0.05, 0) is 55.2 Å². The molecule has 2 fully saturated rings. The lowest BCUT2D eigenvalue weighted by molar-refractivity contribution is 0.442. The summed E-state index contributed by atoms with van der Waals surface area (Å²) in [6.07, 6.45) is 9.71. The summed E-state index contributed by atoms with van der Waals surface area (Å²) in [5.74, 6) is 2.22. The Morgan fingerprint density at radius 3 is 2.68 bits per heavy atom. The SMILES string of the molecule is CCCNC(c1cncc(F)c1)C1C2CCCCC21. The van der Waals surface area contributed by atoms with Gasteiger partial charge in [0, 0.05) is 12.2 Å². The molecule has 0 spiro atoms. The van der Waals surface area contributed by atoms with Gasteiger partial charge >= 0.3 is 0 Å². The Labute approximate surface area is 114 Å². The Balaban J connectivity index is 1.78. The molecule has 1 heterocycles. The number of fused-ring (bicyclic) bond motifs is 1. The van der Waals surface area contributed by atoms with Crippen LogP contribution in [0.1, 0.15) is 50.6 Å². The van der Waals surface area contributed by atoms with E-state index in [2.05, 4.69) is 17.2 Å². The summed E-state index contributed by atoms with van der Waals surface area (Å²) in [5, 5.41) is 3.62. The van der Waals surface area contributed by atoms with Crippen molar-refractivity contribution >= 4 is 0 Å².